The molecular weight excluding hydrogens is 195 g/mol. The fraction of sp³-hybridized carbons (Fsp3) is 0. The molecule has 0 aliphatic carbocycles. The van der Waals surface area contributed by atoms with Crippen LogP contribution >= 0.6 is 0 Å². The van der Waals surface area contributed by atoms with Gasteiger partial charge in [-0.3, -0.25) is 0 Å². The van der Waals surface area contributed by atoms with Gasteiger partial charge >= 0.3 is 0 Å². The zero-order chi connectivity index (χ0) is 11.4. The van der Waals surface area contributed by atoms with Crippen molar-refractivity contribution in [1.29, 1.82) is 5.26 Å². The van der Waals surface area contributed by atoms with E-state index in [0.29, 0.717) is 5.56 Å². The predicted octanol–water partition coefficient (Wildman–Crippen LogP) is 1.56. The number of hydrogen-bond donors (Lipinski definition) is 1. The van der Waals surface area contributed by atoms with Crippen LogP contribution in [0.25, 0.3) is 0 Å². The maximum absolute atomic E-state index is 9.00. The van der Waals surface area contributed by atoms with Gasteiger partial charge in [-0.25, -0.2) is 0 Å². The van der Waals surface area contributed by atoms with Crippen molar-refractivity contribution in [2.24, 2.45) is 0 Å². The number of para-hydroxylation sites is 1. The van der Waals surface area contributed by atoms with Crippen LogP contribution in [0.15, 0.2) is 48.5 Å². The Balaban J connectivity index is 2.35. The first-order valence-electron chi connectivity index (χ1n) is 5.12. The zero-order valence-electron chi connectivity index (χ0n) is 9.07. The van der Waals surface area contributed by atoms with E-state index in [1.807, 2.05) is 56.4 Å². The van der Waals surface area contributed by atoms with E-state index in [2.05, 4.69) is 11.4 Å². The second kappa shape index (κ2) is 4.54. The minimum Gasteiger partial charge on any atom is -0.354 e. The fourth-order valence-corrected chi connectivity index (χ4v) is 1.54. The van der Waals surface area contributed by atoms with E-state index in [0.717, 1.165) is 16.8 Å². The number of hydrogen-bond acceptors (Lipinski definition) is 2. The van der Waals surface area contributed by atoms with Gasteiger partial charge in [0.2, 0.25) is 0 Å². The predicted molar refractivity (Wildman–Crippen MR) is 69.1 cm³/mol. The summed E-state index contributed by atoms with van der Waals surface area (Å²) in [5, 5.41) is 12.2. The van der Waals surface area contributed by atoms with Crippen LogP contribution in [0.3, 0.4) is 0 Å². The summed E-state index contributed by atoms with van der Waals surface area (Å²) in [6.07, 6.45) is 0. The molecule has 0 aliphatic rings. The van der Waals surface area contributed by atoms with Crippen molar-refractivity contribution < 1.29 is 0 Å². The molecule has 0 radical (unpaired) electrons. The van der Waals surface area contributed by atoms with Crippen LogP contribution in [0.2, 0.25) is 0 Å². The van der Waals surface area contributed by atoms with E-state index in [1.165, 1.54) is 0 Å². The van der Waals surface area contributed by atoms with E-state index >= 15 is 0 Å². The summed E-state index contributed by atoms with van der Waals surface area (Å²) in [6, 6.07) is 17.8. The van der Waals surface area contributed by atoms with Crippen LogP contribution in [0, 0.1) is 11.3 Å². The van der Waals surface area contributed by atoms with E-state index in [1.54, 1.807) is 0 Å². The summed E-state index contributed by atoms with van der Waals surface area (Å²) in [7, 11) is 2.01. The molecule has 76 valence electrons. The summed E-state index contributed by atoms with van der Waals surface area (Å²) < 4.78 is 0. The quantitative estimate of drug-likeness (QED) is 0.756. The molecule has 2 aromatic rings. The van der Waals surface area contributed by atoms with Crippen LogP contribution in [0.4, 0.5) is 11.4 Å². The highest BCUT2D eigenvalue weighted by atomic mass is 14.9. The molecule has 0 bridgehead atoms. The molecule has 0 aliphatic heterocycles. The van der Waals surface area contributed by atoms with Crippen LogP contribution in [0.1, 0.15) is 5.56 Å². The monoisotopic (exact) mass is 206 g/mol. The second-order valence-electron chi connectivity index (χ2n) is 3.65. The van der Waals surface area contributed by atoms with Gasteiger partial charge in [0, 0.05) is 5.69 Å². The summed E-state index contributed by atoms with van der Waals surface area (Å²) >= 11 is 0. The molecule has 0 amide bonds. The fourth-order valence-electron chi connectivity index (χ4n) is 1.54. The maximum atomic E-state index is 9.00. The largest absolute Gasteiger partial charge is 0.354 e. The minimum atomic E-state index is 0.662. The zero-order valence-corrected chi connectivity index (χ0v) is 9.07. The Bertz CT molecular complexity index is 529. The molecular formula is C13H11BN2. The molecule has 0 fully saturated rings. The minimum absolute atomic E-state index is 0.662. The van der Waals surface area contributed by atoms with E-state index in [-0.39, 0.29) is 0 Å². The first-order valence-corrected chi connectivity index (χ1v) is 5.12. The van der Waals surface area contributed by atoms with Gasteiger partial charge in [0.15, 0.2) is 0 Å². The smallest absolute Gasteiger partial charge is 0.139 e. The molecule has 3 heteroatoms. The molecule has 0 spiro atoms. The summed E-state index contributed by atoms with van der Waals surface area (Å²) in [6.45, 7) is 0. The van der Waals surface area contributed by atoms with Crippen molar-refractivity contribution in [3.05, 3.63) is 54.1 Å². The average Bonchev–Trinajstić information content (AvgIpc) is 2.31. The summed E-state index contributed by atoms with van der Waals surface area (Å²) in [5.74, 6) is 0. The highest BCUT2D eigenvalue weighted by molar-refractivity contribution is 6.32. The lowest BCUT2D eigenvalue weighted by molar-refractivity contribution is 1.47. The van der Waals surface area contributed by atoms with Gasteiger partial charge in [-0.05, 0) is 24.3 Å². The Kier molecular flexibility index (Phi) is 2.93. The molecule has 1 N–H and O–H groups in total. The van der Waals surface area contributed by atoms with Gasteiger partial charge < -0.3 is 5.32 Å². The number of nitrogens with one attached hydrogen (secondary N) is 1. The van der Waals surface area contributed by atoms with Crippen LogP contribution in [0.5, 0.6) is 0 Å². The van der Waals surface area contributed by atoms with Gasteiger partial charge in [-0.15, -0.1) is 0 Å². The van der Waals surface area contributed by atoms with Gasteiger partial charge in [-0.1, -0.05) is 29.7 Å². The Morgan fingerprint density at radius 2 is 1.81 bits per heavy atom. The number of benzene rings is 2. The lowest BCUT2D eigenvalue weighted by Crippen LogP contribution is -2.04. The Morgan fingerprint density at radius 3 is 2.50 bits per heavy atom. The van der Waals surface area contributed by atoms with E-state index in [9.17, 15) is 0 Å². The first-order chi connectivity index (χ1) is 7.79. The molecule has 2 aromatic carbocycles. The molecule has 2 nitrogen and oxygen atoms in total. The SMILES string of the molecule is Bc1ccc(C#N)c(Nc2ccccc2)c1. The Hall–Kier alpha value is -2.21. The second-order valence-corrected chi connectivity index (χ2v) is 3.65. The molecule has 0 aromatic heterocycles. The highest BCUT2D eigenvalue weighted by Gasteiger charge is 2.01. The van der Waals surface area contributed by atoms with Gasteiger partial charge in [0.05, 0.1) is 11.3 Å². The van der Waals surface area contributed by atoms with Gasteiger partial charge in [0.25, 0.3) is 0 Å². The standard InChI is InChI=1S/C13H11BN2/c14-11-7-6-10(9-15)13(8-11)16-12-4-2-1-3-5-12/h1-8,16H,14H2. The number of nitriles is 1. The van der Waals surface area contributed by atoms with E-state index < -0.39 is 0 Å². The average molecular weight is 206 g/mol. The molecule has 0 heterocycles. The number of nitrogens with zero attached hydrogens (tertiary/aromatic N) is 1. The van der Waals surface area contributed by atoms with Crippen molar-refractivity contribution in [1.82, 2.24) is 0 Å². The Labute approximate surface area is 95.9 Å². The van der Waals surface area contributed by atoms with Crippen LogP contribution < -0.4 is 10.8 Å². The van der Waals surface area contributed by atoms with Gasteiger partial charge in [-0.2, -0.15) is 5.26 Å². The third kappa shape index (κ3) is 2.24. The topological polar surface area (TPSA) is 35.8 Å². The molecule has 16 heavy (non-hydrogen) atoms. The van der Waals surface area contributed by atoms with Crippen molar-refractivity contribution in [3.63, 3.8) is 0 Å². The third-order valence-electron chi connectivity index (χ3n) is 2.35. The van der Waals surface area contributed by atoms with Crippen LogP contribution in [-0.4, -0.2) is 7.85 Å². The highest BCUT2D eigenvalue weighted by Crippen LogP contribution is 2.18. The third-order valence-corrected chi connectivity index (χ3v) is 2.35. The van der Waals surface area contributed by atoms with Crippen LogP contribution in [-0.2, 0) is 0 Å². The van der Waals surface area contributed by atoms with Crippen molar-refractivity contribution in [2.75, 3.05) is 5.32 Å². The lowest BCUT2D eigenvalue weighted by Gasteiger charge is -2.08. The molecule has 0 saturated carbocycles. The first kappa shape index (κ1) is 10.3. The maximum Gasteiger partial charge on any atom is 0.139 e. The molecule has 2 rings (SSSR count). The normalized spacial score (nSPS) is 9.44. The van der Waals surface area contributed by atoms with Crippen molar-refractivity contribution in [2.45, 2.75) is 0 Å². The number of anilines is 2. The number of rotatable bonds is 2. The van der Waals surface area contributed by atoms with E-state index in [4.69, 9.17) is 5.26 Å². The molecule has 0 unspecified atom stereocenters. The van der Waals surface area contributed by atoms with Gasteiger partial charge in [0.1, 0.15) is 13.9 Å². The lowest BCUT2D eigenvalue weighted by atomic mass is 9.94. The summed E-state index contributed by atoms with van der Waals surface area (Å²) in [5.41, 5.74) is 3.64. The molecule has 0 saturated heterocycles. The Morgan fingerprint density at radius 1 is 1.06 bits per heavy atom. The van der Waals surface area contributed by atoms with Crippen molar-refractivity contribution >= 4 is 24.7 Å². The molecule has 0 atom stereocenters. The van der Waals surface area contributed by atoms with Crippen molar-refractivity contribution in [3.8, 4) is 6.07 Å². The summed E-state index contributed by atoms with van der Waals surface area (Å²) in [4.78, 5) is 0.